The molecule has 2 aromatic rings. The van der Waals surface area contributed by atoms with Crippen LogP contribution in [0.4, 0.5) is 5.69 Å². The molecule has 1 N–H and O–H groups in total. The SMILES string of the molecule is Cc1ccc(NC(=O)COC(=O)[C@@H](C)Oc2ccc(C#N)cc2)c(Cl)c1. The summed E-state index contributed by atoms with van der Waals surface area (Å²) in [6.07, 6.45) is -0.904. The van der Waals surface area contributed by atoms with Gasteiger partial charge >= 0.3 is 5.97 Å². The second-order valence-corrected chi connectivity index (χ2v) is 5.94. The molecule has 0 aliphatic rings. The van der Waals surface area contributed by atoms with Crippen molar-refractivity contribution in [2.75, 3.05) is 11.9 Å². The number of nitriles is 1. The van der Waals surface area contributed by atoms with Crippen LogP contribution >= 0.6 is 11.6 Å². The van der Waals surface area contributed by atoms with Gasteiger partial charge < -0.3 is 14.8 Å². The van der Waals surface area contributed by atoms with Gasteiger partial charge in [0, 0.05) is 0 Å². The lowest BCUT2D eigenvalue weighted by atomic mass is 10.2. The van der Waals surface area contributed by atoms with E-state index in [1.165, 1.54) is 6.92 Å². The molecule has 0 aliphatic carbocycles. The van der Waals surface area contributed by atoms with Gasteiger partial charge in [-0.25, -0.2) is 4.79 Å². The second-order valence-electron chi connectivity index (χ2n) is 5.54. The second kappa shape index (κ2) is 8.88. The predicted molar refractivity (Wildman–Crippen MR) is 97.0 cm³/mol. The fourth-order valence-electron chi connectivity index (χ4n) is 2.02. The van der Waals surface area contributed by atoms with Crippen molar-refractivity contribution in [2.24, 2.45) is 0 Å². The summed E-state index contributed by atoms with van der Waals surface area (Å²) < 4.78 is 10.4. The third-order valence-electron chi connectivity index (χ3n) is 3.37. The van der Waals surface area contributed by atoms with E-state index in [1.807, 2.05) is 13.0 Å². The van der Waals surface area contributed by atoms with E-state index in [1.54, 1.807) is 42.5 Å². The van der Waals surface area contributed by atoms with Crippen LogP contribution in [0.5, 0.6) is 5.75 Å². The number of hydrogen-bond donors (Lipinski definition) is 1. The van der Waals surface area contributed by atoms with Crippen molar-refractivity contribution < 1.29 is 19.1 Å². The van der Waals surface area contributed by atoms with E-state index in [-0.39, 0.29) is 0 Å². The Morgan fingerprint density at radius 3 is 2.54 bits per heavy atom. The summed E-state index contributed by atoms with van der Waals surface area (Å²) in [5, 5.41) is 11.7. The Morgan fingerprint density at radius 1 is 1.23 bits per heavy atom. The number of esters is 1. The molecule has 0 saturated heterocycles. The van der Waals surface area contributed by atoms with E-state index < -0.39 is 24.6 Å². The van der Waals surface area contributed by atoms with Crippen LogP contribution in [0.1, 0.15) is 18.1 Å². The van der Waals surface area contributed by atoms with E-state index in [0.717, 1.165) is 5.56 Å². The zero-order valence-corrected chi connectivity index (χ0v) is 15.0. The first-order chi connectivity index (χ1) is 12.4. The lowest BCUT2D eigenvalue weighted by Gasteiger charge is -2.14. The summed E-state index contributed by atoms with van der Waals surface area (Å²) in [5.74, 6) is -0.765. The Morgan fingerprint density at radius 2 is 1.92 bits per heavy atom. The molecule has 134 valence electrons. The lowest BCUT2D eigenvalue weighted by Crippen LogP contribution is -2.29. The van der Waals surface area contributed by atoms with E-state index in [2.05, 4.69) is 5.32 Å². The number of carbonyl (C=O) groups is 2. The lowest BCUT2D eigenvalue weighted by molar-refractivity contribution is -0.153. The highest BCUT2D eigenvalue weighted by molar-refractivity contribution is 6.33. The molecule has 1 amide bonds. The van der Waals surface area contributed by atoms with Crippen LogP contribution in [0, 0.1) is 18.3 Å². The number of rotatable bonds is 6. The quantitative estimate of drug-likeness (QED) is 0.784. The van der Waals surface area contributed by atoms with E-state index in [0.29, 0.717) is 22.0 Å². The first kappa shape index (κ1) is 19.3. The zero-order chi connectivity index (χ0) is 19.1. The van der Waals surface area contributed by atoms with E-state index in [4.69, 9.17) is 26.3 Å². The van der Waals surface area contributed by atoms with E-state index in [9.17, 15) is 9.59 Å². The zero-order valence-electron chi connectivity index (χ0n) is 14.3. The number of halogens is 1. The standard InChI is InChI=1S/C19H17ClN2O4/c1-12-3-8-17(16(20)9-12)22-18(23)11-25-19(24)13(2)26-15-6-4-14(10-21)5-7-15/h3-9,13H,11H2,1-2H3,(H,22,23)/t13-/m1/s1. The number of ether oxygens (including phenoxy) is 2. The molecule has 0 bridgehead atoms. The van der Waals surface area contributed by atoms with Gasteiger partial charge in [-0.15, -0.1) is 0 Å². The summed E-state index contributed by atoms with van der Waals surface area (Å²) in [7, 11) is 0. The number of aryl methyl sites for hydroxylation is 1. The van der Waals surface area contributed by atoms with Crippen molar-refractivity contribution in [3.63, 3.8) is 0 Å². The predicted octanol–water partition coefficient (Wildman–Crippen LogP) is 3.47. The normalized spacial score (nSPS) is 11.2. The molecule has 2 rings (SSSR count). The van der Waals surface area contributed by atoms with E-state index >= 15 is 0 Å². The minimum absolute atomic E-state index is 0.405. The topological polar surface area (TPSA) is 88.4 Å². The third kappa shape index (κ3) is 5.50. The van der Waals surface area contributed by atoms with Gasteiger partial charge in [0.15, 0.2) is 12.7 Å². The van der Waals surface area contributed by atoms with Crippen LogP contribution in [0.15, 0.2) is 42.5 Å². The Labute approximate surface area is 156 Å². The molecular weight excluding hydrogens is 356 g/mol. The summed E-state index contributed by atoms with van der Waals surface area (Å²) in [6, 6.07) is 13.5. The minimum Gasteiger partial charge on any atom is -0.479 e. The molecule has 1 atom stereocenters. The molecule has 6 nitrogen and oxygen atoms in total. The molecule has 0 spiro atoms. The molecule has 0 unspecified atom stereocenters. The highest BCUT2D eigenvalue weighted by Crippen LogP contribution is 2.22. The monoisotopic (exact) mass is 372 g/mol. The molecule has 0 fully saturated rings. The number of amides is 1. The number of anilines is 1. The molecule has 2 aromatic carbocycles. The summed E-state index contributed by atoms with van der Waals surface area (Å²) in [5.41, 5.74) is 1.90. The number of carbonyl (C=O) groups excluding carboxylic acids is 2. The average molecular weight is 373 g/mol. The van der Waals surface area contributed by atoms with Crippen LogP contribution in [0.3, 0.4) is 0 Å². The molecule has 0 radical (unpaired) electrons. The van der Waals surface area contributed by atoms with Crippen molar-refractivity contribution in [3.05, 3.63) is 58.6 Å². The van der Waals surface area contributed by atoms with Crippen molar-refractivity contribution >= 4 is 29.2 Å². The maximum absolute atomic E-state index is 11.9. The van der Waals surface area contributed by atoms with Crippen molar-refractivity contribution in [1.29, 1.82) is 5.26 Å². The van der Waals surface area contributed by atoms with Crippen molar-refractivity contribution in [1.82, 2.24) is 0 Å². The van der Waals surface area contributed by atoms with Gasteiger partial charge in [0.2, 0.25) is 0 Å². The van der Waals surface area contributed by atoms with Crippen molar-refractivity contribution in [2.45, 2.75) is 20.0 Å². The first-order valence-electron chi connectivity index (χ1n) is 7.78. The molecular formula is C19H17ClN2O4. The molecule has 0 heterocycles. The van der Waals surface area contributed by atoms with Crippen LogP contribution < -0.4 is 10.1 Å². The summed E-state index contributed by atoms with van der Waals surface area (Å²) in [6.45, 7) is 2.94. The summed E-state index contributed by atoms with van der Waals surface area (Å²) in [4.78, 5) is 23.8. The largest absolute Gasteiger partial charge is 0.479 e. The van der Waals surface area contributed by atoms with Gasteiger partial charge in [0.25, 0.3) is 5.91 Å². The maximum atomic E-state index is 11.9. The highest BCUT2D eigenvalue weighted by atomic mass is 35.5. The Hall–Kier alpha value is -3.04. The molecule has 0 aromatic heterocycles. The minimum atomic E-state index is -0.904. The summed E-state index contributed by atoms with van der Waals surface area (Å²) >= 11 is 6.04. The van der Waals surface area contributed by atoms with Gasteiger partial charge in [-0.05, 0) is 55.8 Å². The molecule has 7 heteroatoms. The number of hydrogen-bond acceptors (Lipinski definition) is 5. The van der Waals surface area contributed by atoms with Gasteiger partial charge in [-0.2, -0.15) is 5.26 Å². The number of nitrogens with zero attached hydrogens (tertiary/aromatic N) is 1. The van der Waals surface area contributed by atoms with Crippen LogP contribution in [-0.4, -0.2) is 24.6 Å². The Balaban J connectivity index is 1.82. The molecule has 26 heavy (non-hydrogen) atoms. The number of benzene rings is 2. The fourth-order valence-corrected chi connectivity index (χ4v) is 2.30. The fraction of sp³-hybridized carbons (Fsp3) is 0.211. The Kier molecular flexibility index (Phi) is 6.59. The Bertz CT molecular complexity index is 844. The highest BCUT2D eigenvalue weighted by Gasteiger charge is 2.18. The van der Waals surface area contributed by atoms with Crippen LogP contribution in [0.25, 0.3) is 0 Å². The number of nitrogens with one attached hydrogen (secondary N) is 1. The van der Waals surface area contributed by atoms with Crippen LogP contribution in [-0.2, 0) is 14.3 Å². The average Bonchev–Trinajstić information content (AvgIpc) is 2.62. The van der Waals surface area contributed by atoms with Crippen molar-refractivity contribution in [3.8, 4) is 11.8 Å². The van der Waals surface area contributed by atoms with Gasteiger partial charge in [-0.3, -0.25) is 4.79 Å². The van der Waals surface area contributed by atoms with Crippen LogP contribution in [0.2, 0.25) is 5.02 Å². The molecule has 0 saturated carbocycles. The first-order valence-corrected chi connectivity index (χ1v) is 8.16. The maximum Gasteiger partial charge on any atom is 0.347 e. The van der Waals surface area contributed by atoms with Gasteiger partial charge in [-0.1, -0.05) is 17.7 Å². The third-order valence-corrected chi connectivity index (χ3v) is 3.69. The van der Waals surface area contributed by atoms with Gasteiger partial charge in [0.1, 0.15) is 5.75 Å². The smallest absolute Gasteiger partial charge is 0.347 e. The van der Waals surface area contributed by atoms with Gasteiger partial charge in [0.05, 0.1) is 22.3 Å². The molecule has 0 aliphatic heterocycles.